The van der Waals surface area contributed by atoms with Crippen molar-refractivity contribution >= 4 is 23.1 Å². The van der Waals surface area contributed by atoms with E-state index < -0.39 is 5.41 Å². The molecule has 0 aliphatic carbocycles. The van der Waals surface area contributed by atoms with E-state index in [-0.39, 0.29) is 5.91 Å². The maximum atomic E-state index is 12.0. The van der Waals surface area contributed by atoms with Crippen molar-refractivity contribution in [3.8, 4) is 0 Å². The zero-order valence-corrected chi connectivity index (χ0v) is 9.69. The van der Waals surface area contributed by atoms with Gasteiger partial charge in [-0.15, -0.1) is 6.58 Å². The molecule has 1 amide bonds. The summed E-state index contributed by atoms with van der Waals surface area (Å²) in [6, 6.07) is 0. The maximum absolute atomic E-state index is 12.0. The van der Waals surface area contributed by atoms with Gasteiger partial charge in [-0.05, 0) is 33.1 Å². The van der Waals surface area contributed by atoms with Gasteiger partial charge in [0.05, 0.1) is 10.4 Å². The van der Waals surface area contributed by atoms with Crippen molar-refractivity contribution in [2.75, 3.05) is 6.54 Å². The first-order valence-corrected chi connectivity index (χ1v) is 5.38. The Balaban J connectivity index is 2.77. The molecule has 1 aliphatic heterocycles. The van der Waals surface area contributed by atoms with Gasteiger partial charge in [0.15, 0.2) is 0 Å². The van der Waals surface area contributed by atoms with Crippen molar-refractivity contribution in [2.45, 2.75) is 33.1 Å². The van der Waals surface area contributed by atoms with Crippen LogP contribution in [0, 0.1) is 5.41 Å². The van der Waals surface area contributed by atoms with E-state index in [1.807, 2.05) is 13.8 Å². The Labute approximate surface area is 91.0 Å². The van der Waals surface area contributed by atoms with Crippen LogP contribution in [0.3, 0.4) is 0 Å². The van der Waals surface area contributed by atoms with Gasteiger partial charge in [-0.1, -0.05) is 18.3 Å². The average Bonchev–Trinajstić information content (AvgIpc) is 2.17. The lowest BCUT2D eigenvalue weighted by Crippen LogP contribution is -2.45. The molecule has 1 rings (SSSR count). The highest BCUT2D eigenvalue weighted by molar-refractivity contribution is 7.80. The Morgan fingerprint density at radius 1 is 1.57 bits per heavy atom. The molecule has 0 radical (unpaired) electrons. The Bertz CT molecular complexity index is 270. The Kier molecular flexibility index (Phi) is 3.43. The molecule has 78 valence electrons. The second-order valence-corrected chi connectivity index (χ2v) is 4.70. The summed E-state index contributed by atoms with van der Waals surface area (Å²) in [5.74, 6) is 0.0807. The molecule has 0 aromatic rings. The Morgan fingerprint density at radius 2 is 2.21 bits per heavy atom. The normalized spacial score (nSPS) is 18.1. The fourth-order valence-electron chi connectivity index (χ4n) is 1.46. The summed E-state index contributed by atoms with van der Waals surface area (Å²) in [5, 5.41) is 0. The molecular formula is C11H17NOS. The Hall–Kier alpha value is -0.700. The first-order valence-electron chi connectivity index (χ1n) is 4.97. The van der Waals surface area contributed by atoms with Gasteiger partial charge in [0.25, 0.3) is 0 Å². The lowest BCUT2D eigenvalue weighted by molar-refractivity contribution is -0.134. The van der Waals surface area contributed by atoms with E-state index >= 15 is 0 Å². The third kappa shape index (κ3) is 2.21. The van der Waals surface area contributed by atoms with Gasteiger partial charge in [0.2, 0.25) is 5.91 Å². The number of hydrogen-bond donors (Lipinski definition) is 0. The molecule has 14 heavy (non-hydrogen) atoms. The third-order valence-electron chi connectivity index (χ3n) is 2.63. The SMILES string of the molecule is C=CC(C)(C)C(=O)N1CCCCC1=S. The maximum Gasteiger partial charge on any atom is 0.236 e. The number of rotatable bonds is 2. The van der Waals surface area contributed by atoms with Crippen molar-refractivity contribution in [3.63, 3.8) is 0 Å². The lowest BCUT2D eigenvalue weighted by atomic mass is 9.91. The second kappa shape index (κ2) is 4.22. The fraction of sp³-hybridized carbons (Fsp3) is 0.636. The summed E-state index contributed by atoms with van der Waals surface area (Å²) in [5.41, 5.74) is -0.499. The van der Waals surface area contributed by atoms with Crippen LogP contribution in [0.4, 0.5) is 0 Å². The first-order chi connectivity index (χ1) is 6.49. The van der Waals surface area contributed by atoms with Gasteiger partial charge >= 0.3 is 0 Å². The van der Waals surface area contributed by atoms with E-state index in [4.69, 9.17) is 12.2 Å². The van der Waals surface area contributed by atoms with E-state index in [0.29, 0.717) is 0 Å². The van der Waals surface area contributed by atoms with E-state index in [2.05, 4.69) is 6.58 Å². The summed E-state index contributed by atoms with van der Waals surface area (Å²) >= 11 is 5.19. The number of carbonyl (C=O) groups excluding carboxylic acids is 1. The smallest absolute Gasteiger partial charge is 0.236 e. The summed E-state index contributed by atoms with van der Waals surface area (Å²) in [4.78, 5) is 14.6. The van der Waals surface area contributed by atoms with Crippen molar-refractivity contribution in [1.82, 2.24) is 4.90 Å². The van der Waals surface area contributed by atoms with Crippen LogP contribution in [-0.4, -0.2) is 22.3 Å². The van der Waals surface area contributed by atoms with Crippen molar-refractivity contribution in [1.29, 1.82) is 0 Å². The zero-order chi connectivity index (χ0) is 10.8. The Morgan fingerprint density at radius 3 is 2.71 bits per heavy atom. The number of amides is 1. The summed E-state index contributed by atoms with van der Waals surface area (Å²) in [6.45, 7) is 8.20. The zero-order valence-electron chi connectivity index (χ0n) is 8.88. The van der Waals surface area contributed by atoms with E-state index in [9.17, 15) is 4.79 Å². The molecule has 3 heteroatoms. The van der Waals surface area contributed by atoms with E-state index in [1.54, 1.807) is 11.0 Å². The van der Waals surface area contributed by atoms with E-state index in [1.165, 1.54) is 0 Å². The van der Waals surface area contributed by atoms with Crippen LogP contribution in [-0.2, 0) is 4.79 Å². The molecular weight excluding hydrogens is 194 g/mol. The number of piperidine rings is 1. The fourth-order valence-corrected chi connectivity index (χ4v) is 1.77. The largest absolute Gasteiger partial charge is 0.306 e. The molecule has 0 spiro atoms. The van der Waals surface area contributed by atoms with Crippen LogP contribution < -0.4 is 0 Å². The number of hydrogen-bond acceptors (Lipinski definition) is 2. The molecule has 0 saturated carbocycles. The second-order valence-electron chi connectivity index (χ2n) is 4.23. The predicted molar refractivity (Wildman–Crippen MR) is 62.1 cm³/mol. The quantitative estimate of drug-likeness (QED) is 0.517. The minimum atomic E-state index is -0.499. The van der Waals surface area contributed by atoms with Gasteiger partial charge in [-0.25, -0.2) is 0 Å². The van der Waals surface area contributed by atoms with Crippen LogP contribution in [0.15, 0.2) is 12.7 Å². The molecule has 0 aromatic heterocycles. The lowest BCUT2D eigenvalue weighted by Gasteiger charge is -2.33. The molecule has 2 nitrogen and oxygen atoms in total. The predicted octanol–water partition coefficient (Wildman–Crippen LogP) is 2.54. The van der Waals surface area contributed by atoms with Gasteiger partial charge in [-0.3, -0.25) is 4.79 Å². The molecule has 1 fully saturated rings. The van der Waals surface area contributed by atoms with Crippen LogP contribution >= 0.6 is 12.2 Å². The molecule has 1 saturated heterocycles. The molecule has 0 unspecified atom stereocenters. The summed E-state index contributed by atoms with van der Waals surface area (Å²) in [7, 11) is 0. The van der Waals surface area contributed by atoms with Crippen molar-refractivity contribution < 1.29 is 4.79 Å². The van der Waals surface area contributed by atoms with Crippen LogP contribution in [0.25, 0.3) is 0 Å². The van der Waals surface area contributed by atoms with Gasteiger partial charge in [0.1, 0.15) is 0 Å². The van der Waals surface area contributed by atoms with Crippen LogP contribution in [0.5, 0.6) is 0 Å². The number of nitrogens with zero attached hydrogens (tertiary/aromatic N) is 1. The van der Waals surface area contributed by atoms with Crippen molar-refractivity contribution in [2.24, 2.45) is 5.41 Å². The molecule has 0 atom stereocenters. The van der Waals surface area contributed by atoms with Crippen LogP contribution in [0.2, 0.25) is 0 Å². The third-order valence-corrected chi connectivity index (χ3v) is 3.05. The highest BCUT2D eigenvalue weighted by atomic mass is 32.1. The minimum absolute atomic E-state index is 0.0807. The molecule has 0 aromatic carbocycles. The highest BCUT2D eigenvalue weighted by Crippen LogP contribution is 2.23. The van der Waals surface area contributed by atoms with Gasteiger partial charge in [-0.2, -0.15) is 0 Å². The standard InChI is InChI=1S/C11H17NOS/c1-4-11(2,3)10(13)12-8-6-5-7-9(12)14/h4H,1,5-8H2,2-3H3. The summed E-state index contributed by atoms with van der Waals surface area (Å²) < 4.78 is 0. The minimum Gasteiger partial charge on any atom is -0.306 e. The van der Waals surface area contributed by atoms with Crippen molar-refractivity contribution in [3.05, 3.63) is 12.7 Å². The topological polar surface area (TPSA) is 20.3 Å². The van der Waals surface area contributed by atoms with Gasteiger partial charge < -0.3 is 4.90 Å². The molecule has 0 bridgehead atoms. The molecule has 1 aliphatic rings. The number of thiocarbonyl (C=S) groups is 1. The average molecular weight is 211 g/mol. The van der Waals surface area contributed by atoms with E-state index in [0.717, 1.165) is 30.8 Å². The monoisotopic (exact) mass is 211 g/mol. The van der Waals surface area contributed by atoms with Crippen LogP contribution in [0.1, 0.15) is 33.1 Å². The number of carbonyl (C=O) groups is 1. The number of likely N-dealkylation sites (tertiary alicyclic amines) is 1. The summed E-state index contributed by atoms with van der Waals surface area (Å²) in [6.07, 6.45) is 4.72. The molecule has 1 heterocycles. The highest BCUT2D eigenvalue weighted by Gasteiger charge is 2.31. The molecule has 0 N–H and O–H groups in total. The van der Waals surface area contributed by atoms with Gasteiger partial charge in [0, 0.05) is 6.54 Å². The first kappa shape index (κ1) is 11.4.